The lowest BCUT2D eigenvalue weighted by Gasteiger charge is -2.26. The van der Waals surface area contributed by atoms with Crippen molar-refractivity contribution in [2.24, 2.45) is 0 Å². The number of amides is 3. The third-order valence-electron chi connectivity index (χ3n) is 5.03. The van der Waals surface area contributed by atoms with Crippen LogP contribution in [0.25, 0.3) is 6.08 Å². The summed E-state index contributed by atoms with van der Waals surface area (Å²) < 4.78 is 10.8. The summed E-state index contributed by atoms with van der Waals surface area (Å²) >= 11 is 6.80. The van der Waals surface area contributed by atoms with E-state index in [0.717, 1.165) is 22.9 Å². The number of benzene rings is 2. The zero-order valence-electron chi connectivity index (χ0n) is 17.2. The Bertz CT molecular complexity index is 1030. The number of nitrogens with zero attached hydrogens (tertiary/aromatic N) is 2. The van der Waals surface area contributed by atoms with Gasteiger partial charge in [-0.3, -0.25) is 19.3 Å². The molecule has 2 saturated heterocycles. The Labute approximate surface area is 194 Å². The smallest absolute Gasteiger partial charge is 0.293 e. The summed E-state index contributed by atoms with van der Waals surface area (Å²) in [6.45, 7) is 2.41. The molecule has 2 heterocycles. The van der Waals surface area contributed by atoms with Crippen LogP contribution in [0, 0.1) is 0 Å². The fourth-order valence-electron chi connectivity index (χ4n) is 3.27. The van der Waals surface area contributed by atoms with Crippen LogP contribution >= 0.6 is 23.4 Å². The van der Waals surface area contributed by atoms with Crippen LogP contribution in [0.2, 0.25) is 5.02 Å². The number of imide groups is 1. The Balaban J connectivity index is 1.35. The predicted octanol–water partition coefficient (Wildman–Crippen LogP) is 3.81. The molecular formula is C23H21ClN2O5S. The predicted molar refractivity (Wildman–Crippen MR) is 122 cm³/mol. The zero-order chi connectivity index (χ0) is 22.5. The Morgan fingerprint density at radius 2 is 1.75 bits per heavy atom. The molecule has 0 aromatic heterocycles. The summed E-state index contributed by atoms with van der Waals surface area (Å²) in [7, 11) is 0. The zero-order valence-corrected chi connectivity index (χ0v) is 18.7. The molecule has 32 heavy (non-hydrogen) atoms. The number of thioether (sulfide) groups is 1. The van der Waals surface area contributed by atoms with Crippen LogP contribution in [-0.4, -0.2) is 59.8 Å². The minimum absolute atomic E-state index is 0.0388. The second-order valence-corrected chi connectivity index (χ2v) is 8.67. The first-order valence-corrected chi connectivity index (χ1v) is 11.3. The van der Waals surface area contributed by atoms with Crippen molar-refractivity contribution in [3.63, 3.8) is 0 Å². The molecule has 0 N–H and O–H groups in total. The average molecular weight is 473 g/mol. The van der Waals surface area contributed by atoms with E-state index >= 15 is 0 Å². The first-order valence-electron chi connectivity index (χ1n) is 10.1. The SMILES string of the molecule is O=C(COc1ccc(/C=C2/SC(=O)N(Cc3ccc(Cl)cc3)C2=O)cc1)N1CCOCC1. The number of carbonyl (C=O) groups is 3. The number of hydrogen-bond acceptors (Lipinski definition) is 6. The van der Waals surface area contributed by atoms with Gasteiger partial charge in [-0.15, -0.1) is 0 Å². The van der Waals surface area contributed by atoms with E-state index in [1.165, 1.54) is 4.90 Å². The van der Waals surface area contributed by atoms with E-state index in [0.29, 0.717) is 42.0 Å². The number of hydrogen-bond donors (Lipinski definition) is 0. The maximum atomic E-state index is 12.7. The van der Waals surface area contributed by atoms with Gasteiger partial charge in [0.25, 0.3) is 17.1 Å². The van der Waals surface area contributed by atoms with Crippen molar-refractivity contribution in [2.75, 3.05) is 32.9 Å². The normalized spacial score (nSPS) is 17.8. The Morgan fingerprint density at radius 3 is 2.44 bits per heavy atom. The van der Waals surface area contributed by atoms with Gasteiger partial charge in [-0.05, 0) is 53.2 Å². The van der Waals surface area contributed by atoms with Gasteiger partial charge in [0.15, 0.2) is 6.61 Å². The topological polar surface area (TPSA) is 76.2 Å². The number of ether oxygens (including phenoxy) is 2. The monoisotopic (exact) mass is 472 g/mol. The quantitative estimate of drug-likeness (QED) is 0.595. The lowest BCUT2D eigenvalue weighted by atomic mass is 10.2. The van der Waals surface area contributed by atoms with Gasteiger partial charge >= 0.3 is 0 Å². The molecule has 2 aromatic rings. The van der Waals surface area contributed by atoms with Crippen molar-refractivity contribution < 1.29 is 23.9 Å². The Hall–Kier alpha value is -2.81. The maximum absolute atomic E-state index is 12.7. The van der Waals surface area contributed by atoms with Crippen molar-refractivity contribution in [3.05, 3.63) is 69.6 Å². The van der Waals surface area contributed by atoms with Crippen molar-refractivity contribution in [1.29, 1.82) is 0 Å². The van der Waals surface area contributed by atoms with Gasteiger partial charge in [0.05, 0.1) is 24.7 Å². The standard InChI is InChI=1S/C23H21ClN2O5S/c24-18-5-1-17(2-6-18)14-26-22(28)20(32-23(26)29)13-16-3-7-19(8-4-16)31-15-21(27)25-9-11-30-12-10-25/h1-8,13H,9-12,14-15H2/b20-13+. The van der Waals surface area contributed by atoms with E-state index < -0.39 is 0 Å². The molecule has 0 atom stereocenters. The van der Waals surface area contributed by atoms with Crippen LogP contribution in [0.15, 0.2) is 53.4 Å². The molecule has 0 bridgehead atoms. The van der Waals surface area contributed by atoms with Gasteiger partial charge in [-0.2, -0.15) is 0 Å². The van der Waals surface area contributed by atoms with Gasteiger partial charge in [0, 0.05) is 18.1 Å². The molecule has 0 radical (unpaired) electrons. The van der Waals surface area contributed by atoms with Crippen LogP contribution in [-0.2, 0) is 20.9 Å². The molecule has 166 valence electrons. The summed E-state index contributed by atoms with van der Waals surface area (Å²) in [4.78, 5) is 40.5. The highest BCUT2D eigenvalue weighted by molar-refractivity contribution is 8.18. The second-order valence-electron chi connectivity index (χ2n) is 7.25. The fraction of sp³-hybridized carbons (Fsp3) is 0.261. The van der Waals surface area contributed by atoms with Gasteiger partial charge in [0.1, 0.15) is 5.75 Å². The highest BCUT2D eigenvalue weighted by Gasteiger charge is 2.34. The Kier molecular flexibility index (Phi) is 7.14. The molecule has 2 aromatic carbocycles. The first-order chi connectivity index (χ1) is 15.5. The molecule has 2 aliphatic rings. The molecule has 7 nitrogen and oxygen atoms in total. The minimum Gasteiger partial charge on any atom is -0.484 e. The molecule has 0 unspecified atom stereocenters. The van der Waals surface area contributed by atoms with E-state index in [1.54, 1.807) is 59.5 Å². The number of halogens is 1. The molecule has 0 saturated carbocycles. The summed E-state index contributed by atoms with van der Waals surface area (Å²) in [6, 6.07) is 14.1. The molecule has 0 aliphatic carbocycles. The summed E-state index contributed by atoms with van der Waals surface area (Å²) in [5, 5.41) is 0.290. The molecule has 0 spiro atoms. The lowest BCUT2D eigenvalue weighted by molar-refractivity contribution is -0.137. The number of rotatable bonds is 6. The van der Waals surface area contributed by atoms with Gasteiger partial charge < -0.3 is 14.4 Å². The van der Waals surface area contributed by atoms with E-state index in [9.17, 15) is 14.4 Å². The number of morpholine rings is 1. The van der Waals surface area contributed by atoms with Crippen LogP contribution < -0.4 is 4.74 Å². The highest BCUT2D eigenvalue weighted by atomic mass is 35.5. The van der Waals surface area contributed by atoms with Crippen LogP contribution in [0.3, 0.4) is 0 Å². The number of carbonyl (C=O) groups excluding carboxylic acids is 3. The van der Waals surface area contributed by atoms with Crippen LogP contribution in [0.5, 0.6) is 5.75 Å². The summed E-state index contributed by atoms with van der Waals surface area (Å²) in [5.74, 6) is 0.151. The van der Waals surface area contributed by atoms with Gasteiger partial charge in [0.2, 0.25) is 0 Å². The van der Waals surface area contributed by atoms with Crippen LogP contribution in [0.4, 0.5) is 4.79 Å². The lowest BCUT2D eigenvalue weighted by Crippen LogP contribution is -2.42. The minimum atomic E-state index is -0.327. The van der Waals surface area contributed by atoms with Crippen molar-refractivity contribution in [2.45, 2.75) is 6.54 Å². The van der Waals surface area contributed by atoms with E-state index in [2.05, 4.69) is 0 Å². The van der Waals surface area contributed by atoms with E-state index in [4.69, 9.17) is 21.1 Å². The van der Waals surface area contributed by atoms with Gasteiger partial charge in [-0.1, -0.05) is 35.9 Å². The van der Waals surface area contributed by atoms with Crippen molar-refractivity contribution in [3.8, 4) is 5.75 Å². The highest BCUT2D eigenvalue weighted by Crippen LogP contribution is 2.33. The van der Waals surface area contributed by atoms with E-state index in [1.807, 2.05) is 0 Å². The third-order valence-corrected chi connectivity index (χ3v) is 6.19. The van der Waals surface area contributed by atoms with Crippen molar-refractivity contribution >= 4 is 46.5 Å². The molecular weight excluding hydrogens is 452 g/mol. The van der Waals surface area contributed by atoms with Gasteiger partial charge in [-0.25, -0.2) is 0 Å². The third kappa shape index (κ3) is 5.51. The van der Waals surface area contributed by atoms with Crippen LogP contribution in [0.1, 0.15) is 11.1 Å². The molecule has 3 amide bonds. The average Bonchev–Trinajstić information content (AvgIpc) is 3.07. The second kappa shape index (κ2) is 10.2. The largest absolute Gasteiger partial charge is 0.484 e. The molecule has 4 rings (SSSR count). The summed E-state index contributed by atoms with van der Waals surface area (Å²) in [5.41, 5.74) is 1.58. The fourth-order valence-corrected chi connectivity index (χ4v) is 4.23. The maximum Gasteiger partial charge on any atom is 0.293 e. The Morgan fingerprint density at radius 1 is 1.06 bits per heavy atom. The van der Waals surface area contributed by atoms with E-state index in [-0.39, 0.29) is 30.2 Å². The molecule has 2 fully saturated rings. The summed E-state index contributed by atoms with van der Waals surface area (Å²) in [6.07, 6.45) is 1.68. The first kappa shape index (κ1) is 22.4. The van der Waals surface area contributed by atoms with Crippen molar-refractivity contribution in [1.82, 2.24) is 9.80 Å². The molecule has 2 aliphatic heterocycles. The molecule has 9 heteroatoms.